The maximum atomic E-state index is 14.1. The fraction of sp³-hybridized carbons (Fsp3) is 0.387. The number of carbonyl (C=O) groups excluding carboxylic acids is 3. The number of imide groups is 3. The Balaban J connectivity index is 1.49. The average Bonchev–Trinajstić information content (AvgIpc) is 3.21. The van der Waals surface area contributed by atoms with Crippen LogP contribution in [-0.4, -0.2) is 53.3 Å². The Bertz CT molecular complexity index is 1420. The molecule has 3 aliphatic rings. The van der Waals surface area contributed by atoms with Crippen molar-refractivity contribution in [3.8, 4) is 5.75 Å². The van der Waals surface area contributed by atoms with Crippen molar-refractivity contribution in [2.24, 2.45) is 23.7 Å². The summed E-state index contributed by atoms with van der Waals surface area (Å²) in [6, 6.07) is 13.8. The number of hydrogen-bond donors (Lipinski definition) is 2. The molecule has 4 atom stereocenters. The normalized spacial score (nSPS) is 24.6. The van der Waals surface area contributed by atoms with Crippen LogP contribution in [0, 0.1) is 29.5 Å². The smallest absolute Gasteiger partial charge is 0.455 e. The highest BCUT2D eigenvalue weighted by molar-refractivity contribution is 6.43. The lowest BCUT2D eigenvalue weighted by Gasteiger charge is -2.44. The molecule has 2 aliphatic heterocycles. The van der Waals surface area contributed by atoms with Gasteiger partial charge in [-0.05, 0) is 71.8 Å². The van der Waals surface area contributed by atoms with Crippen molar-refractivity contribution in [3.63, 3.8) is 0 Å². The van der Waals surface area contributed by atoms with E-state index in [-0.39, 0.29) is 12.2 Å². The number of aromatic hydroxyl groups is 1. The van der Waals surface area contributed by atoms with Gasteiger partial charge in [-0.25, -0.2) is 9.18 Å². The maximum Gasteiger partial charge on any atom is 0.455 e. The van der Waals surface area contributed by atoms with Crippen LogP contribution in [0.15, 0.2) is 59.7 Å². The van der Waals surface area contributed by atoms with E-state index in [1.807, 2.05) is 50.3 Å². The van der Waals surface area contributed by atoms with Crippen LogP contribution < -0.4 is 0 Å². The molecule has 0 radical (unpaired) electrons. The maximum absolute atomic E-state index is 14.1. The quantitative estimate of drug-likeness (QED) is 0.219. The first-order valence-electron chi connectivity index (χ1n) is 13.9. The van der Waals surface area contributed by atoms with Crippen LogP contribution in [0.25, 0.3) is 11.6 Å². The van der Waals surface area contributed by atoms with Gasteiger partial charge in [-0.3, -0.25) is 9.59 Å². The van der Waals surface area contributed by atoms with Crippen LogP contribution in [0.4, 0.5) is 9.18 Å². The number of likely N-dealkylation sites (tertiary alicyclic amines) is 1. The zero-order chi connectivity index (χ0) is 29.4. The Morgan fingerprint density at radius 1 is 1.17 bits per heavy atom. The number of rotatable bonds is 6. The van der Waals surface area contributed by atoms with Gasteiger partial charge in [0, 0.05) is 0 Å². The second kappa shape index (κ2) is 11.6. The number of allylic oxidation sites excluding steroid dienone is 2. The van der Waals surface area contributed by atoms with Crippen molar-refractivity contribution >= 4 is 36.7 Å². The van der Waals surface area contributed by atoms with Crippen LogP contribution >= 0.6 is 0 Å². The van der Waals surface area contributed by atoms with Gasteiger partial charge in [-0.2, -0.15) is 4.90 Å². The van der Waals surface area contributed by atoms with E-state index in [1.165, 1.54) is 12.1 Å². The summed E-state index contributed by atoms with van der Waals surface area (Å²) >= 11 is 0. The third-order valence-electron chi connectivity index (χ3n) is 8.43. The van der Waals surface area contributed by atoms with E-state index in [1.54, 1.807) is 6.07 Å². The molecule has 2 saturated heterocycles. The molecule has 0 bridgehead atoms. The summed E-state index contributed by atoms with van der Waals surface area (Å²) in [5.74, 6) is -4.16. The highest BCUT2D eigenvalue weighted by Crippen LogP contribution is 2.52. The fourth-order valence-corrected chi connectivity index (χ4v) is 6.57. The van der Waals surface area contributed by atoms with E-state index in [0.717, 1.165) is 29.4 Å². The standard InChI is InChI=1S/C31H33BFNO7/c1-17(2)21-15-22-28(30(37)34(29(22)36)31(38)40-3)23-16-32(39)41-26(27(21)23)12-10-20(19-7-5-4-6-8-19)13-18-9-11-25(35)24(33)14-18/h4-9,11,13-14,17,22-23,26,28,35,39H,10,12,15-16H2,1-3H3/b20-13-/t22-,23+,26-,28-/m1/s1. The van der Waals surface area contributed by atoms with Gasteiger partial charge in [-0.1, -0.05) is 61.9 Å². The largest absolute Gasteiger partial charge is 0.505 e. The van der Waals surface area contributed by atoms with Crippen molar-refractivity contribution in [1.29, 1.82) is 0 Å². The number of ether oxygens (including phenoxy) is 1. The number of phenols is 1. The van der Waals surface area contributed by atoms with Gasteiger partial charge in [0.2, 0.25) is 11.8 Å². The molecule has 1 aliphatic carbocycles. The second-order valence-corrected chi connectivity index (χ2v) is 11.2. The van der Waals surface area contributed by atoms with Gasteiger partial charge in [0.25, 0.3) is 0 Å². The minimum Gasteiger partial charge on any atom is -0.505 e. The highest BCUT2D eigenvalue weighted by Gasteiger charge is 2.59. The van der Waals surface area contributed by atoms with E-state index < -0.39 is 60.5 Å². The first-order valence-corrected chi connectivity index (χ1v) is 13.9. The van der Waals surface area contributed by atoms with Gasteiger partial charge in [0.15, 0.2) is 11.6 Å². The molecule has 2 N–H and O–H groups in total. The van der Waals surface area contributed by atoms with Gasteiger partial charge < -0.3 is 19.5 Å². The lowest BCUT2D eigenvalue weighted by atomic mass is 9.57. The molecule has 41 heavy (non-hydrogen) atoms. The molecule has 5 rings (SSSR count). The van der Waals surface area contributed by atoms with Crippen molar-refractivity contribution < 1.29 is 38.3 Å². The van der Waals surface area contributed by atoms with E-state index >= 15 is 0 Å². The van der Waals surface area contributed by atoms with Gasteiger partial charge in [0.1, 0.15) is 0 Å². The molecule has 2 aromatic carbocycles. The van der Waals surface area contributed by atoms with Gasteiger partial charge in [0.05, 0.1) is 25.0 Å². The molecule has 214 valence electrons. The minimum absolute atomic E-state index is 0.0500. The fourth-order valence-electron chi connectivity index (χ4n) is 6.57. The first-order chi connectivity index (χ1) is 19.6. The predicted octanol–water partition coefficient (Wildman–Crippen LogP) is 5.07. The summed E-state index contributed by atoms with van der Waals surface area (Å²) in [7, 11) is -0.0152. The van der Waals surface area contributed by atoms with Gasteiger partial charge >= 0.3 is 13.2 Å². The van der Waals surface area contributed by atoms with E-state index in [2.05, 4.69) is 0 Å². The Hall–Kier alpha value is -3.76. The molecular weight excluding hydrogens is 528 g/mol. The monoisotopic (exact) mass is 561 g/mol. The average molecular weight is 561 g/mol. The molecule has 2 aromatic rings. The van der Waals surface area contributed by atoms with Crippen LogP contribution in [0.1, 0.15) is 44.2 Å². The van der Waals surface area contributed by atoms with Gasteiger partial charge in [-0.15, -0.1) is 0 Å². The lowest BCUT2D eigenvalue weighted by Crippen LogP contribution is -2.46. The molecule has 0 saturated carbocycles. The third-order valence-corrected chi connectivity index (χ3v) is 8.43. The Labute approximate surface area is 238 Å². The predicted molar refractivity (Wildman–Crippen MR) is 150 cm³/mol. The molecule has 3 amide bonds. The van der Waals surface area contributed by atoms with E-state index in [4.69, 9.17) is 9.39 Å². The summed E-state index contributed by atoms with van der Waals surface area (Å²) in [4.78, 5) is 39.5. The molecule has 0 spiro atoms. The third kappa shape index (κ3) is 5.46. The van der Waals surface area contributed by atoms with E-state index in [0.29, 0.717) is 29.7 Å². The topological polar surface area (TPSA) is 113 Å². The number of fused-ring (bicyclic) bond motifs is 3. The first kappa shape index (κ1) is 28.8. The number of benzene rings is 2. The van der Waals surface area contributed by atoms with Crippen LogP contribution in [0.5, 0.6) is 5.75 Å². The Kier molecular flexibility index (Phi) is 8.15. The van der Waals surface area contributed by atoms with Crippen molar-refractivity contribution in [1.82, 2.24) is 4.90 Å². The number of phenolic OH excluding ortho intramolecular Hbond substituents is 1. The molecule has 0 aromatic heterocycles. The summed E-state index contributed by atoms with van der Waals surface area (Å²) in [5, 5.41) is 20.4. The molecule has 2 fully saturated rings. The number of hydrogen-bond acceptors (Lipinski definition) is 7. The van der Waals surface area contributed by atoms with Crippen LogP contribution in [-0.2, 0) is 19.0 Å². The summed E-state index contributed by atoms with van der Waals surface area (Å²) in [6.45, 7) is 4.05. The Morgan fingerprint density at radius 3 is 2.56 bits per heavy atom. The molecule has 0 unspecified atom stereocenters. The number of amides is 3. The number of halogens is 1. The SMILES string of the molecule is COC(=O)N1C(=O)[C@@H]2[C@@H](CC(C(C)C)=C3[C@@H](CC/C(=C/c4ccc(O)c(F)c4)c4ccccc4)OB(O)C[C@@H]32)C1=O. The number of methoxy groups -OCH3 is 1. The number of carbonyl (C=O) groups is 3. The summed E-state index contributed by atoms with van der Waals surface area (Å²) in [5.41, 5.74) is 4.35. The van der Waals surface area contributed by atoms with Crippen molar-refractivity contribution in [3.05, 3.63) is 76.6 Å². The van der Waals surface area contributed by atoms with Crippen LogP contribution in [0.3, 0.4) is 0 Å². The number of nitrogens with zero attached hydrogens (tertiary/aromatic N) is 1. The lowest BCUT2D eigenvalue weighted by molar-refractivity contribution is -0.137. The van der Waals surface area contributed by atoms with E-state index in [9.17, 15) is 28.9 Å². The molecule has 2 heterocycles. The summed E-state index contributed by atoms with van der Waals surface area (Å²) < 4.78 is 24.9. The second-order valence-electron chi connectivity index (χ2n) is 11.2. The van der Waals surface area contributed by atoms with Crippen LogP contribution in [0.2, 0.25) is 6.32 Å². The Morgan fingerprint density at radius 2 is 1.90 bits per heavy atom. The summed E-state index contributed by atoms with van der Waals surface area (Å²) in [6.07, 6.45) is 1.77. The zero-order valence-electron chi connectivity index (χ0n) is 23.2. The molecule has 8 nitrogen and oxygen atoms in total. The molecule has 10 heteroatoms. The minimum atomic E-state index is -1.15. The van der Waals surface area contributed by atoms with Crippen molar-refractivity contribution in [2.75, 3.05) is 7.11 Å². The van der Waals surface area contributed by atoms with Crippen molar-refractivity contribution in [2.45, 2.75) is 45.5 Å². The zero-order valence-corrected chi connectivity index (χ0v) is 23.2. The molecular formula is C31H33BFNO7. The highest BCUT2D eigenvalue weighted by atomic mass is 19.1.